The largest absolute Gasteiger partial charge is 0.329 e. The van der Waals surface area contributed by atoms with Crippen molar-refractivity contribution in [3.05, 3.63) is 18.2 Å². The third-order valence-electron chi connectivity index (χ3n) is 3.25. The second-order valence-electron chi connectivity index (χ2n) is 4.05. The van der Waals surface area contributed by atoms with Crippen LogP contribution >= 0.6 is 0 Å². The fraction of sp³-hybridized carbons (Fsp3) is 0.727. The van der Waals surface area contributed by atoms with Gasteiger partial charge in [0.15, 0.2) is 0 Å². The van der Waals surface area contributed by atoms with Crippen LogP contribution in [0, 0.1) is 0 Å². The summed E-state index contributed by atoms with van der Waals surface area (Å²) in [5.74, 6) is 0.679. The molecule has 1 aromatic rings. The number of hydrogen-bond acceptors (Lipinski definition) is 2. The lowest BCUT2D eigenvalue weighted by Gasteiger charge is -2.31. The first-order valence-corrected chi connectivity index (χ1v) is 5.59. The molecule has 1 aromatic heterocycles. The number of aromatic nitrogens is 2. The van der Waals surface area contributed by atoms with Crippen LogP contribution < -0.4 is 5.32 Å². The van der Waals surface area contributed by atoms with Gasteiger partial charge in [-0.2, -0.15) is 0 Å². The Balaban J connectivity index is 2.19. The highest BCUT2D eigenvalue weighted by atomic mass is 15.2. The molecule has 0 saturated carbocycles. The molecule has 0 unspecified atom stereocenters. The highest BCUT2D eigenvalue weighted by Gasteiger charge is 2.22. The van der Waals surface area contributed by atoms with Crippen molar-refractivity contribution < 1.29 is 0 Å². The Morgan fingerprint density at radius 3 is 2.71 bits per heavy atom. The first-order chi connectivity index (χ1) is 6.86. The maximum Gasteiger partial charge on any atom is 0.0951 e. The fourth-order valence-corrected chi connectivity index (χ4v) is 2.11. The number of hydrogen-bond donors (Lipinski definition) is 1. The summed E-state index contributed by atoms with van der Waals surface area (Å²) in [5.41, 5.74) is 1.42. The van der Waals surface area contributed by atoms with Gasteiger partial charge in [-0.1, -0.05) is 13.8 Å². The van der Waals surface area contributed by atoms with Gasteiger partial charge in [0.05, 0.1) is 12.4 Å². The smallest absolute Gasteiger partial charge is 0.0951 e. The summed E-state index contributed by atoms with van der Waals surface area (Å²) in [4.78, 5) is 4.28. The zero-order valence-corrected chi connectivity index (χ0v) is 9.03. The molecule has 1 fully saturated rings. The molecule has 2 heterocycles. The molecule has 2 rings (SSSR count). The first kappa shape index (κ1) is 9.71. The van der Waals surface area contributed by atoms with Crippen molar-refractivity contribution in [2.75, 3.05) is 13.1 Å². The quantitative estimate of drug-likeness (QED) is 0.792. The third kappa shape index (κ3) is 1.57. The number of rotatable bonds is 4. The molecule has 1 aliphatic heterocycles. The Labute approximate surface area is 85.5 Å². The van der Waals surface area contributed by atoms with Gasteiger partial charge in [0.2, 0.25) is 0 Å². The Morgan fingerprint density at radius 1 is 1.50 bits per heavy atom. The summed E-state index contributed by atoms with van der Waals surface area (Å²) in [6.07, 6.45) is 6.44. The molecule has 0 amide bonds. The molecular weight excluding hydrogens is 174 g/mol. The van der Waals surface area contributed by atoms with Crippen LogP contribution in [0.4, 0.5) is 0 Å². The third-order valence-corrected chi connectivity index (χ3v) is 3.25. The molecule has 1 aliphatic rings. The Hall–Kier alpha value is -0.830. The molecule has 0 spiro atoms. The van der Waals surface area contributed by atoms with Gasteiger partial charge in [-0.15, -0.1) is 0 Å². The second-order valence-corrected chi connectivity index (χ2v) is 4.05. The molecule has 0 atom stereocenters. The zero-order valence-electron chi connectivity index (χ0n) is 9.03. The molecule has 1 saturated heterocycles. The van der Waals surface area contributed by atoms with Crippen molar-refractivity contribution in [2.45, 2.75) is 38.6 Å². The molecule has 0 aromatic carbocycles. The summed E-state index contributed by atoms with van der Waals surface area (Å²) < 4.78 is 2.36. The van der Waals surface area contributed by atoms with E-state index in [1.54, 1.807) is 0 Å². The molecular formula is C11H19N3. The van der Waals surface area contributed by atoms with Gasteiger partial charge in [0.1, 0.15) is 0 Å². The number of imidazole rings is 1. The van der Waals surface area contributed by atoms with Crippen molar-refractivity contribution in [3.8, 4) is 0 Å². The van der Waals surface area contributed by atoms with Crippen LogP contribution in [0.5, 0.6) is 0 Å². The van der Waals surface area contributed by atoms with E-state index >= 15 is 0 Å². The van der Waals surface area contributed by atoms with E-state index < -0.39 is 0 Å². The van der Waals surface area contributed by atoms with Crippen LogP contribution in [-0.2, 0) is 0 Å². The summed E-state index contributed by atoms with van der Waals surface area (Å²) >= 11 is 0. The normalized spacial score (nSPS) is 17.4. The van der Waals surface area contributed by atoms with Crippen LogP contribution in [0.2, 0.25) is 0 Å². The Kier molecular flexibility index (Phi) is 2.87. The minimum Gasteiger partial charge on any atom is -0.329 e. The van der Waals surface area contributed by atoms with Gasteiger partial charge in [-0.3, -0.25) is 0 Å². The SMILES string of the molecule is CCC(CC)c1cncn1C1CNC1. The predicted molar refractivity (Wildman–Crippen MR) is 57.5 cm³/mol. The number of nitrogens with one attached hydrogen (secondary N) is 1. The summed E-state index contributed by atoms with van der Waals surface area (Å²) in [6, 6.07) is 0.646. The Bertz CT molecular complexity index is 284. The van der Waals surface area contributed by atoms with Crippen LogP contribution in [0.3, 0.4) is 0 Å². The molecule has 3 heteroatoms. The standard InChI is InChI=1S/C11H19N3/c1-3-9(4-2)11-7-13-8-14(11)10-5-12-6-10/h7-10,12H,3-6H2,1-2H3. The van der Waals surface area contributed by atoms with E-state index in [4.69, 9.17) is 0 Å². The van der Waals surface area contributed by atoms with Gasteiger partial charge >= 0.3 is 0 Å². The van der Waals surface area contributed by atoms with Crippen LogP contribution in [0.1, 0.15) is 44.3 Å². The minimum atomic E-state index is 0.646. The van der Waals surface area contributed by atoms with Gasteiger partial charge in [-0.25, -0.2) is 4.98 Å². The van der Waals surface area contributed by atoms with Crippen molar-refractivity contribution in [1.82, 2.24) is 14.9 Å². The van der Waals surface area contributed by atoms with E-state index in [1.807, 2.05) is 12.5 Å². The maximum absolute atomic E-state index is 4.28. The average Bonchev–Trinajstić information content (AvgIpc) is 2.53. The summed E-state index contributed by atoms with van der Waals surface area (Å²) in [7, 11) is 0. The van der Waals surface area contributed by atoms with Crippen molar-refractivity contribution in [2.24, 2.45) is 0 Å². The lowest BCUT2D eigenvalue weighted by molar-refractivity contribution is 0.330. The highest BCUT2D eigenvalue weighted by molar-refractivity contribution is 5.09. The Morgan fingerprint density at radius 2 is 2.21 bits per heavy atom. The summed E-state index contributed by atoms with van der Waals surface area (Å²) in [5, 5.41) is 3.30. The first-order valence-electron chi connectivity index (χ1n) is 5.59. The van der Waals surface area contributed by atoms with Crippen LogP contribution in [-0.4, -0.2) is 22.6 Å². The van der Waals surface area contributed by atoms with E-state index in [0.717, 1.165) is 13.1 Å². The fourth-order valence-electron chi connectivity index (χ4n) is 2.11. The van der Waals surface area contributed by atoms with Crippen molar-refractivity contribution in [3.63, 3.8) is 0 Å². The van der Waals surface area contributed by atoms with Gasteiger partial charge in [-0.05, 0) is 12.8 Å². The highest BCUT2D eigenvalue weighted by Crippen LogP contribution is 2.26. The maximum atomic E-state index is 4.28. The van der Waals surface area contributed by atoms with E-state index in [2.05, 4.69) is 28.7 Å². The minimum absolute atomic E-state index is 0.646. The molecule has 3 nitrogen and oxygen atoms in total. The lowest BCUT2D eigenvalue weighted by Crippen LogP contribution is -2.43. The van der Waals surface area contributed by atoms with E-state index in [0.29, 0.717) is 12.0 Å². The van der Waals surface area contributed by atoms with Crippen LogP contribution in [0.25, 0.3) is 0 Å². The lowest BCUT2D eigenvalue weighted by atomic mass is 9.99. The summed E-state index contributed by atoms with van der Waals surface area (Å²) in [6.45, 7) is 6.71. The van der Waals surface area contributed by atoms with E-state index in [9.17, 15) is 0 Å². The topological polar surface area (TPSA) is 29.9 Å². The van der Waals surface area contributed by atoms with Crippen LogP contribution in [0.15, 0.2) is 12.5 Å². The van der Waals surface area contributed by atoms with Gasteiger partial charge in [0, 0.05) is 30.9 Å². The van der Waals surface area contributed by atoms with Gasteiger partial charge < -0.3 is 9.88 Å². The van der Waals surface area contributed by atoms with Crippen molar-refractivity contribution >= 4 is 0 Å². The molecule has 0 bridgehead atoms. The van der Waals surface area contributed by atoms with Crippen molar-refractivity contribution in [1.29, 1.82) is 0 Å². The predicted octanol–water partition coefficient (Wildman–Crippen LogP) is 1.93. The number of nitrogens with zero attached hydrogens (tertiary/aromatic N) is 2. The molecule has 14 heavy (non-hydrogen) atoms. The van der Waals surface area contributed by atoms with E-state index in [-0.39, 0.29) is 0 Å². The van der Waals surface area contributed by atoms with E-state index in [1.165, 1.54) is 18.5 Å². The monoisotopic (exact) mass is 193 g/mol. The van der Waals surface area contributed by atoms with Gasteiger partial charge in [0.25, 0.3) is 0 Å². The molecule has 1 N–H and O–H groups in total. The molecule has 78 valence electrons. The average molecular weight is 193 g/mol. The molecule has 0 radical (unpaired) electrons. The second kappa shape index (κ2) is 4.13. The molecule has 0 aliphatic carbocycles. The zero-order chi connectivity index (χ0) is 9.97.